The molecule has 1 heterocycles. The fourth-order valence-electron chi connectivity index (χ4n) is 2.68. The molecule has 2 atom stereocenters. The summed E-state index contributed by atoms with van der Waals surface area (Å²) in [5.74, 6) is 0. The number of benzene rings is 1. The highest BCUT2D eigenvalue weighted by molar-refractivity contribution is 5.56. The lowest BCUT2D eigenvalue weighted by atomic mass is 10.1. The second-order valence-corrected chi connectivity index (χ2v) is 5.52. The van der Waals surface area contributed by atoms with E-state index in [9.17, 15) is 10.1 Å². The number of rotatable bonds is 2. The number of piperazine rings is 1. The van der Waals surface area contributed by atoms with E-state index in [0.717, 1.165) is 24.3 Å². The van der Waals surface area contributed by atoms with Gasteiger partial charge in [-0.15, -0.1) is 0 Å². The molecule has 0 spiro atoms. The molecule has 1 aromatic carbocycles. The van der Waals surface area contributed by atoms with Crippen LogP contribution >= 0.6 is 0 Å². The van der Waals surface area contributed by atoms with E-state index in [1.807, 2.05) is 12.1 Å². The van der Waals surface area contributed by atoms with E-state index in [-0.39, 0.29) is 10.6 Å². The largest absolute Gasteiger partial charge is 0.366 e. The highest BCUT2D eigenvalue weighted by Gasteiger charge is 2.27. The SMILES string of the molecule is Cc1cc(N2CC(C)N(C)CC2C)ccc1[N+](=O)[O-]. The number of nitro benzene ring substituents is 1. The number of hydrogen-bond acceptors (Lipinski definition) is 4. The van der Waals surface area contributed by atoms with Gasteiger partial charge in [0, 0.05) is 42.5 Å². The van der Waals surface area contributed by atoms with Gasteiger partial charge in [0.1, 0.15) is 0 Å². The van der Waals surface area contributed by atoms with Crippen molar-refractivity contribution in [2.24, 2.45) is 0 Å². The van der Waals surface area contributed by atoms with E-state index in [1.165, 1.54) is 0 Å². The molecule has 2 rings (SSSR count). The fourth-order valence-corrected chi connectivity index (χ4v) is 2.68. The molecule has 0 saturated carbocycles. The minimum Gasteiger partial charge on any atom is -0.366 e. The Kier molecular flexibility index (Phi) is 3.75. The third-order valence-electron chi connectivity index (χ3n) is 4.01. The molecule has 1 aliphatic heterocycles. The van der Waals surface area contributed by atoms with Crippen LogP contribution in [0.3, 0.4) is 0 Å². The molecule has 1 fully saturated rings. The number of nitrogens with zero attached hydrogens (tertiary/aromatic N) is 3. The highest BCUT2D eigenvalue weighted by Crippen LogP contribution is 2.27. The number of hydrogen-bond donors (Lipinski definition) is 0. The summed E-state index contributed by atoms with van der Waals surface area (Å²) in [5, 5.41) is 10.9. The predicted molar refractivity (Wildman–Crippen MR) is 76.7 cm³/mol. The molecular formula is C14H21N3O2. The lowest BCUT2D eigenvalue weighted by Gasteiger charge is -2.43. The Morgan fingerprint density at radius 2 is 1.95 bits per heavy atom. The second-order valence-electron chi connectivity index (χ2n) is 5.52. The maximum absolute atomic E-state index is 10.9. The van der Waals surface area contributed by atoms with Crippen molar-refractivity contribution in [1.82, 2.24) is 4.90 Å². The molecule has 5 nitrogen and oxygen atoms in total. The number of likely N-dealkylation sites (N-methyl/N-ethyl adjacent to an activating group) is 1. The summed E-state index contributed by atoms with van der Waals surface area (Å²) < 4.78 is 0. The molecule has 1 aromatic rings. The monoisotopic (exact) mass is 263 g/mol. The van der Waals surface area contributed by atoms with Crippen LogP contribution in [0.2, 0.25) is 0 Å². The van der Waals surface area contributed by atoms with Crippen molar-refractivity contribution in [2.45, 2.75) is 32.9 Å². The fraction of sp³-hybridized carbons (Fsp3) is 0.571. The normalized spacial score (nSPS) is 24.5. The van der Waals surface area contributed by atoms with Crippen LogP contribution in [0.1, 0.15) is 19.4 Å². The first-order valence-corrected chi connectivity index (χ1v) is 6.62. The summed E-state index contributed by atoms with van der Waals surface area (Å²) in [4.78, 5) is 15.2. The average Bonchev–Trinajstić information content (AvgIpc) is 2.33. The zero-order chi connectivity index (χ0) is 14.2. The van der Waals surface area contributed by atoms with Gasteiger partial charge in [-0.1, -0.05) is 0 Å². The molecule has 0 radical (unpaired) electrons. The van der Waals surface area contributed by atoms with Crippen LogP contribution in [0, 0.1) is 17.0 Å². The third kappa shape index (κ3) is 2.71. The van der Waals surface area contributed by atoms with Gasteiger partial charge in [0.05, 0.1) is 4.92 Å². The minimum atomic E-state index is -0.324. The summed E-state index contributed by atoms with van der Waals surface area (Å²) in [6.45, 7) is 8.16. The molecule has 1 saturated heterocycles. The summed E-state index contributed by atoms with van der Waals surface area (Å²) in [7, 11) is 2.14. The van der Waals surface area contributed by atoms with Gasteiger partial charge in [0.15, 0.2) is 0 Å². The van der Waals surface area contributed by atoms with E-state index in [0.29, 0.717) is 12.1 Å². The zero-order valence-corrected chi connectivity index (χ0v) is 12.0. The van der Waals surface area contributed by atoms with Gasteiger partial charge in [-0.25, -0.2) is 0 Å². The Hall–Kier alpha value is -1.62. The van der Waals surface area contributed by atoms with Gasteiger partial charge >= 0.3 is 0 Å². The van der Waals surface area contributed by atoms with Crippen molar-refractivity contribution in [3.05, 3.63) is 33.9 Å². The standard InChI is InChI=1S/C14H21N3O2/c1-10-7-13(5-6-14(10)17(18)19)16-9-11(2)15(4)8-12(16)3/h5-7,11-12H,8-9H2,1-4H3. The lowest BCUT2D eigenvalue weighted by molar-refractivity contribution is -0.385. The smallest absolute Gasteiger partial charge is 0.272 e. The van der Waals surface area contributed by atoms with Crippen LogP contribution in [-0.2, 0) is 0 Å². The van der Waals surface area contributed by atoms with E-state index >= 15 is 0 Å². The van der Waals surface area contributed by atoms with Crippen molar-refractivity contribution in [1.29, 1.82) is 0 Å². The first kappa shape index (κ1) is 13.8. The predicted octanol–water partition coefficient (Wildman–Crippen LogP) is 2.43. The van der Waals surface area contributed by atoms with Gasteiger partial charge in [0.25, 0.3) is 5.69 Å². The molecule has 0 bridgehead atoms. The summed E-state index contributed by atoms with van der Waals surface area (Å²) >= 11 is 0. The highest BCUT2D eigenvalue weighted by atomic mass is 16.6. The van der Waals surface area contributed by atoms with Crippen molar-refractivity contribution < 1.29 is 4.92 Å². The van der Waals surface area contributed by atoms with Gasteiger partial charge in [-0.2, -0.15) is 0 Å². The van der Waals surface area contributed by atoms with Crippen molar-refractivity contribution in [2.75, 3.05) is 25.0 Å². The molecule has 5 heteroatoms. The van der Waals surface area contributed by atoms with Crippen LogP contribution in [0.25, 0.3) is 0 Å². The van der Waals surface area contributed by atoms with Crippen LogP contribution in [0.5, 0.6) is 0 Å². The Balaban J connectivity index is 2.27. The molecule has 2 unspecified atom stereocenters. The van der Waals surface area contributed by atoms with E-state index in [4.69, 9.17) is 0 Å². The molecular weight excluding hydrogens is 242 g/mol. The van der Waals surface area contributed by atoms with E-state index < -0.39 is 0 Å². The average molecular weight is 263 g/mol. The van der Waals surface area contributed by atoms with E-state index in [1.54, 1.807) is 13.0 Å². The van der Waals surface area contributed by atoms with Gasteiger partial charge in [-0.05, 0) is 40.0 Å². The molecule has 0 amide bonds. The lowest BCUT2D eigenvalue weighted by Crippen LogP contribution is -2.55. The first-order chi connectivity index (χ1) is 8.90. The van der Waals surface area contributed by atoms with Crippen molar-refractivity contribution >= 4 is 11.4 Å². The Morgan fingerprint density at radius 1 is 1.26 bits per heavy atom. The van der Waals surface area contributed by atoms with Crippen LogP contribution in [-0.4, -0.2) is 42.0 Å². The van der Waals surface area contributed by atoms with Crippen LogP contribution in [0.15, 0.2) is 18.2 Å². The summed E-state index contributed by atoms with van der Waals surface area (Å²) in [5.41, 5.74) is 2.00. The molecule has 1 aliphatic rings. The molecule has 104 valence electrons. The molecule has 0 aliphatic carbocycles. The van der Waals surface area contributed by atoms with E-state index in [2.05, 4.69) is 30.7 Å². The Bertz CT molecular complexity index is 490. The molecule has 0 aromatic heterocycles. The minimum absolute atomic E-state index is 0.193. The van der Waals surface area contributed by atoms with Gasteiger partial charge < -0.3 is 4.90 Å². The van der Waals surface area contributed by atoms with Crippen molar-refractivity contribution in [3.8, 4) is 0 Å². The number of aryl methyl sites for hydroxylation is 1. The van der Waals surface area contributed by atoms with Crippen LogP contribution in [0.4, 0.5) is 11.4 Å². The Labute approximate surface area is 114 Å². The zero-order valence-electron chi connectivity index (χ0n) is 12.0. The molecule has 19 heavy (non-hydrogen) atoms. The maximum atomic E-state index is 10.9. The quantitative estimate of drug-likeness (QED) is 0.607. The topological polar surface area (TPSA) is 49.6 Å². The number of anilines is 1. The third-order valence-corrected chi connectivity index (χ3v) is 4.01. The first-order valence-electron chi connectivity index (χ1n) is 6.62. The molecule has 0 N–H and O–H groups in total. The van der Waals surface area contributed by atoms with Gasteiger partial charge in [0.2, 0.25) is 0 Å². The number of nitro groups is 1. The second kappa shape index (κ2) is 5.17. The van der Waals surface area contributed by atoms with Crippen molar-refractivity contribution in [3.63, 3.8) is 0 Å². The summed E-state index contributed by atoms with van der Waals surface area (Å²) in [6, 6.07) is 6.31. The van der Waals surface area contributed by atoms with Crippen LogP contribution < -0.4 is 4.90 Å². The Morgan fingerprint density at radius 3 is 2.53 bits per heavy atom. The van der Waals surface area contributed by atoms with Gasteiger partial charge in [-0.3, -0.25) is 15.0 Å². The maximum Gasteiger partial charge on any atom is 0.272 e. The summed E-state index contributed by atoms with van der Waals surface area (Å²) in [6.07, 6.45) is 0.